The second-order valence-corrected chi connectivity index (χ2v) is 6.54. The third-order valence-corrected chi connectivity index (χ3v) is 4.71. The molecule has 1 aromatic heterocycles. The number of benzene rings is 1. The van der Waals surface area contributed by atoms with Crippen LogP contribution in [0.4, 0.5) is 0 Å². The summed E-state index contributed by atoms with van der Waals surface area (Å²) >= 11 is 1.74. The lowest BCUT2D eigenvalue weighted by molar-refractivity contribution is 0.0950. The molecular formula is C16H20N4OS. The van der Waals surface area contributed by atoms with Gasteiger partial charge in [-0.25, -0.2) is 0 Å². The number of amides is 1. The van der Waals surface area contributed by atoms with E-state index in [4.69, 9.17) is 0 Å². The minimum atomic E-state index is -0.0919. The van der Waals surface area contributed by atoms with Crippen LogP contribution in [-0.4, -0.2) is 34.9 Å². The van der Waals surface area contributed by atoms with Crippen LogP contribution in [0.1, 0.15) is 27.3 Å². The minimum Gasteiger partial charge on any atom is -0.350 e. The Kier molecular flexibility index (Phi) is 4.80. The number of aromatic amines is 1. The predicted octanol–water partition coefficient (Wildman–Crippen LogP) is 1.89. The number of hydrogen-bond acceptors (Lipinski definition) is 4. The number of hydrogen-bond donors (Lipinski definition) is 3. The Hall–Kier alpha value is -1.79. The van der Waals surface area contributed by atoms with Crippen LogP contribution in [0.3, 0.4) is 0 Å². The van der Waals surface area contributed by atoms with Crippen molar-refractivity contribution in [1.29, 1.82) is 0 Å². The summed E-state index contributed by atoms with van der Waals surface area (Å²) in [6.07, 6.45) is 0.902. The lowest BCUT2D eigenvalue weighted by Gasteiger charge is -2.12. The number of carbonyl (C=O) groups excluding carboxylic acids is 1. The molecule has 116 valence electrons. The van der Waals surface area contributed by atoms with E-state index < -0.39 is 0 Å². The molecule has 0 saturated carbocycles. The molecule has 3 N–H and O–H groups in total. The third-order valence-electron chi connectivity index (χ3n) is 3.70. The zero-order valence-electron chi connectivity index (χ0n) is 12.6. The van der Waals surface area contributed by atoms with Gasteiger partial charge in [0.15, 0.2) is 5.69 Å². The third kappa shape index (κ3) is 3.51. The number of thioether (sulfide) groups is 1. The fraction of sp³-hybridized carbons (Fsp3) is 0.375. The van der Waals surface area contributed by atoms with Crippen molar-refractivity contribution in [2.24, 2.45) is 0 Å². The van der Waals surface area contributed by atoms with Gasteiger partial charge in [-0.2, -0.15) is 5.10 Å². The van der Waals surface area contributed by atoms with Crippen molar-refractivity contribution in [3.05, 3.63) is 46.8 Å². The highest BCUT2D eigenvalue weighted by Crippen LogP contribution is 2.18. The van der Waals surface area contributed by atoms with Gasteiger partial charge in [-0.3, -0.25) is 9.89 Å². The molecular weight excluding hydrogens is 296 g/mol. The molecule has 1 aromatic carbocycles. The molecule has 0 unspecified atom stereocenters. The van der Waals surface area contributed by atoms with Crippen LogP contribution in [0.25, 0.3) is 0 Å². The fourth-order valence-corrected chi connectivity index (χ4v) is 3.23. The Morgan fingerprint density at radius 2 is 2.18 bits per heavy atom. The maximum atomic E-state index is 12.2. The first-order valence-corrected chi connectivity index (χ1v) is 8.47. The van der Waals surface area contributed by atoms with Gasteiger partial charge in [0, 0.05) is 48.0 Å². The van der Waals surface area contributed by atoms with Crippen LogP contribution in [0.5, 0.6) is 0 Å². The normalized spacial score (nSPS) is 13.7. The molecule has 1 amide bonds. The molecule has 0 aliphatic carbocycles. The molecule has 1 aliphatic heterocycles. The van der Waals surface area contributed by atoms with E-state index in [1.54, 1.807) is 11.8 Å². The summed E-state index contributed by atoms with van der Waals surface area (Å²) in [4.78, 5) is 13.4. The largest absolute Gasteiger partial charge is 0.350 e. The molecule has 0 radical (unpaired) electrons. The molecule has 0 atom stereocenters. The van der Waals surface area contributed by atoms with E-state index in [0.29, 0.717) is 18.8 Å². The van der Waals surface area contributed by atoms with Crippen LogP contribution in [0, 0.1) is 6.92 Å². The van der Waals surface area contributed by atoms with Gasteiger partial charge in [0.25, 0.3) is 5.91 Å². The molecule has 5 nitrogen and oxygen atoms in total. The Balaban J connectivity index is 1.48. The Bertz CT molecular complexity index is 651. The topological polar surface area (TPSA) is 69.8 Å². The quantitative estimate of drug-likeness (QED) is 0.582. The number of aryl methyl sites for hydroxylation is 1. The van der Waals surface area contributed by atoms with E-state index in [-0.39, 0.29) is 5.91 Å². The van der Waals surface area contributed by atoms with Crippen molar-refractivity contribution in [2.45, 2.75) is 24.8 Å². The summed E-state index contributed by atoms with van der Waals surface area (Å²) < 4.78 is 0. The molecule has 1 aliphatic rings. The van der Waals surface area contributed by atoms with Crippen LogP contribution < -0.4 is 10.6 Å². The lowest BCUT2D eigenvalue weighted by atomic mass is 10.1. The van der Waals surface area contributed by atoms with Crippen molar-refractivity contribution in [3.8, 4) is 0 Å². The number of fused-ring (bicyclic) bond motifs is 1. The number of carbonyl (C=O) groups is 1. The molecule has 0 spiro atoms. The zero-order valence-corrected chi connectivity index (χ0v) is 13.4. The molecule has 0 fully saturated rings. The van der Waals surface area contributed by atoms with Crippen LogP contribution in [0.15, 0.2) is 29.2 Å². The monoisotopic (exact) mass is 316 g/mol. The second kappa shape index (κ2) is 6.98. The number of nitrogens with zero attached hydrogens (tertiary/aromatic N) is 1. The van der Waals surface area contributed by atoms with E-state index >= 15 is 0 Å². The smallest absolute Gasteiger partial charge is 0.272 e. The first kappa shape index (κ1) is 15.1. The SMILES string of the molecule is Cc1ccc(SCCNC(=O)c2n[nH]c3c2CNCC3)cc1. The van der Waals surface area contributed by atoms with Gasteiger partial charge in [-0.1, -0.05) is 17.7 Å². The predicted molar refractivity (Wildman–Crippen MR) is 88.2 cm³/mol. The number of aromatic nitrogens is 2. The van der Waals surface area contributed by atoms with Gasteiger partial charge >= 0.3 is 0 Å². The van der Waals surface area contributed by atoms with Gasteiger partial charge in [0.05, 0.1) is 0 Å². The van der Waals surface area contributed by atoms with E-state index in [1.165, 1.54) is 10.5 Å². The Morgan fingerprint density at radius 1 is 1.36 bits per heavy atom. The van der Waals surface area contributed by atoms with Crippen molar-refractivity contribution < 1.29 is 4.79 Å². The molecule has 0 bridgehead atoms. The van der Waals surface area contributed by atoms with Crippen LogP contribution in [0.2, 0.25) is 0 Å². The molecule has 3 rings (SSSR count). The molecule has 22 heavy (non-hydrogen) atoms. The van der Waals surface area contributed by atoms with Gasteiger partial charge in [-0.15, -0.1) is 11.8 Å². The van der Waals surface area contributed by atoms with E-state index in [9.17, 15) is 4.79 Å². The fourth-order valence-electron chi connectivity index (χ4n) is 2.46. The number of nitrogens with one attached hydrogen (secondary N) is 3. The second-order valence-electron chi connectivity index (χ2n) is 5.37. The maximum absolute atomic E-state index is 12.2. The van der Waals surface area contributed by atoms with Crippen molar-refractivity contribution >= 4 is 17.7 Å². The first-order chi connectivity index (χ1) is 10.7. The Morgan fingerprint density at radius 3 is 3.00 bits per heavy atom. The minimum absolute atomic E-state index is 0.0919. The molecule has 2 heterocycles. The van der Waals surface area contributed by atoms with Crippen molar-refractivity contribution in [2.75, 3.05) is 18.8 Å². The average molecular weight is 316 g/mol. The van der Waals surface area contributed by atoms with Gasteiger partial charge in [-0.05, 0) is 19.1 Å². The summed E-state index contributed by atoms with van der Waals surface area (Å²) in [6, 6.07) is 8.42. The maximum Gasteiger partial charge on any atom is 0.272 e. The standard InChI is InChI=1S/C16H20N4OS/c1-11-2-4-12(5-3-11)22-9-8-18-16(21)15-13-10-17-7-6-14(13)19-20-15/h2-5,17H,6-10H2,1H3,(H,18,21)(H,19,20). The molecule has 6 heteroatoms. The zero-order chi connectivity index (χ0) is 15.4. The summed E-state index contributed by atoms with van der Waals surface area (Å²) in [7, 11) is 0. The first-order valence-electron chi connectivity index (χ1n) is 7.48. The Labute approximate surface area is 134 Å². The lowest BCUT2D eigenvalue weighted by Crippen LogP contribution is -2.29. The average Bonchev–Trinajstić information content (AvgIpc) is 2.97. The summed E-state index contributed by atoms with van der Waals surface area (Å²) in [5.74, 6) is 0.755. The van der Waals surface area contributed by atoms with Crippen molar-refractivity contribution in [3.63, 3.8) is 0 Å². The van der Waals surface area contributed by atoms with Crippen LogP contribution >= 0.6 is 11.8 Å². The molecule has 2 aromatic rings. The van der Waals surface area contributed by atoms with Gasteiger partial charge in [0.1, 0.15) is 0 Å². The van der Waals surface area contributed by atoms with Crippen LogP contribution in [-0.2, 0) is 13.0 Å². The summed E-state index contributed by atoms with van der Waals surface area (Å²) in [5, 5.41) is 13.4. The highest BCUT2D eigenvalue weighted by Gasteiger charge is 2.20. The van der Waals surface area contributed by atoms with Gasteiger partial charge in [0.2, 0.25) is 0 Å². The summed E-state index contributed by atoms with van der Waals surface area (Å²) in [5.41, 5.74) is 3.88. The highest BCUT2D eigenvalue weighted by molar-refractivity contribution is 7.99. The van der Waals surface area contributed by atoms with E-state index in [0.717, 1.165) is 30.0 Å². The van der Waals surface area contributed by atoms with Gasteiger partial charge < -0.3 is 10.6 Å². The highest BCUT2D eigenvalue weighted by atomic mass is 32.2. The number of H-pyrrole nitrogens is 1. The van der Waals surface area contributed by atoms with Crippen molar-refractivity contribution in [1.82, 2.24) is 20.8 Å². The summed E-state index contributed by atoms with van der Waals surface area (Å²) in [6.45, 7) is 4.36. The molecule has 0 saturated heterocycles. The number of rotatable bonds is 5. The van der Waals surface area contributed by atoms with E-state index in [2.05, 4.69) is 52.0 Å². The van der Waals surface area contributed by atoms with E-state index in [1.807, 2.05) is 0 Å².